The Bertz CT molecular complexity index is 855. The largest absolute Gasteiger partial charge is 0.475 e. The summed E-state index contributed by atoms with van der Waals surface area (Å²) < 4.78 is 38.0. The van der Waals surface area contributed by atoms with E-state index in [-0.39, 0.29) is 17.3 Å². The lowest BCUT2D eigenvalue weighted by atomic mass is 10.0. The highest BCUT2D eigenvalue weighted by Crippen LogP contribution is 2.27. The highest BCUT2D eigenvalue weighted by molar-refractivity contribution is 7.89. The van der Waals surface area contributed by atoms with Crippen molar-refractivity contribution in [2.45, 2.75) is 24.5 Å². The van der Waals surface area contributed by atoms with E-state index in [4.69, 9.17) is 14.3 Å². The molecule has 2 aromatic rings. The molecule has 1 aliphatic rings. The van der Waals surface area contributed by atoms with Gasteiger partial charge in [0.25, 0.3) is 0 Å². The van der Waals surface area contributed by atoms with Crippen molar-refractivity contribution >= 4 is 16.0 Å². The number of sulfonamides is 1. The number of carboxylic acids is 1. The molecule has 1 unspecified atom stereocenters. The van der Waals surface area contributed by atoms with Crippen molar-refractivity contribution < 1.29 is 27.5 Å². The first kappa shape index (κ1) is 15.7. The van der Waals surface area contributed by atoms with Crippen LogP contribution in [0, 0.1) is 6.92 Å². The summed E-state index contributed by atoms with van der Waals surface area (Å²) >= 11 is 0. The number of carboxylic acid groups (broad SMARTS) is 1. The van der Waals surface area contributed by atoms with Crippen LogP contribution in [0.5, 0.6) is 0 Å². The molecule has 2 heterocycles. The van der Waals surface area contributed by atoms with Crippen molar-refractivity contribution in [3.05, 3.63) is 53.0 Å². The molecule has 0 radical (unpaired) electrons. The average Bonchev–Trinajstić information content (AvgIpc) is 2.90. The number of carbonyl (C=O) groups is 1. The van der Waals surface area contributed by atoms with E-state index in [1.54, 1.807) is 0 Å². The molecule has 0 bridgehead atoms. The minimum absolute atomic E-state index is 0.0277. The van der Waals surface area contributed by atoms with Crippen LogP contribution in [-0.2, 0) is 21.4 Å². The smallest absolute Gasteiger partial charge is 0.371 e. The number of hydrogen-bond donors (Lipinski definition) is 2. The van der Waals surface area contributed by atoms with Gasteiger partial charge in [0, 0.05) is 6.07 Å². The van der Waals surface area contributed by atoms with E-state index in [2.05, 4.69) is 4.72 Å². The maximum absolute atomic E-state index is 12.5. The maximum atomic E-state index is 12.5. The Labute approximate surface area is 132 Å². The fourth-order valence-electron chi connectivity index (χ4n) is 2.57. The molecule has 1 aromatic heterocycles. The fraction of sp³-hybridized carbons (Fsp3) is 0.267. The number of furan rings is 1. The maximum Gasteiger partial charge on any atom is 0.371 e. The van der Waals surface area contributed by atoms with E-state index in [9.17, 15) is 13.2 Å². The molecule has 1 aliphatic heterocycles. The van der Waals surface area contributed by atoms with Crippen LogP contribution in [-0.4, -0.2) is 26.1 Å². The van der Waals surface area contributed by atoms with E-state index in [1.165, 1.54) is 6.92 Å². The molecule has 0 saturated heterocycles. The van der Waals surface area contributed by atoms with Crippen molar-refractivity contribution in [1.82, 2.24) is 4.72 Å². The third kappa shape index (κ3) is 3.00. The van der Waals surface area contributed by atoms with Gasteiger partial charge in [-0.05, 0) is 18.1 Å². The van der Waals surface area contributed by atoms with Crippen LogP contribution >= 0.6 is 0 Å². The third-order valence-electron chi connectivity index (χ3n) is 3.64. The summed E-state index contributed by atoms with van der Waals surface area (Å²) in [6.45, 7) is 2.05. The van der Waals surface area contributed by atoms with Crippen molar-refractivity contribution in [3.8, 4) is 0 Å². The van der Waals surface area contributed by atoms with E-state index >= 15 is 0 Å². The molecule has 1 atom stereocenters. The van der Waals surface area contributed by atoms with Gasteiger partial charge in [0.05, 0.1) is 19.3 Å². The minimum atomic E-state index is -3.93. The van der Waals surface area contributed by atoms with Crippen LogP contribution in [0.25, 0.3) is 0 Å². The second kappa shape index (κ2) is 5.80. The Morgan fingerprint density at radius 1 is 1.35 bits per heavy atom. The van der Waals surface area contributed by atoms with E-state index in [0.717, 1.165) is 17.2 Å². The zero-order chi connectivity index (χ0) is 16.6. The molecule has 0 saturated carbocycles. The number of rotatable bonds is 4. The summed E-state index contributed by atoms with van der Waals surface area (Å²) in [6.07, 6.45) is 0. The lowest BCUT2D eigenvalue weighted by Crippen LogP contribution is -2.34. The van der Waals surface area contributed by atoms with Gasteiger partial charge in [-0.25, -0.2) is 17.9 Å². The molecule has 23 heavy (non-hydrogen) atoms. The number of nitrogens with one attached hydrogen (secondary N) is 1. The molecular weight excluding hydrogens is 322 g/mol. The summed E-state index contributed by atoms with van der Waals surface area (Å²) in [4.78, 5) is 10.7. The van der Waals surface area contributed by atoms with Crippen LogP contribution in [0.4, 0.5) is 0 Å². The number of ether oxygens (including phenoxy) is 1. The van der Waals surface area contributed by atoms with Crippen LogP contribution < -0.4 is 4.72 Å². The standard InChI is InChI=1S/C15H15NO6S/c1-9-14(6-13(22-9)15(17)18)23(19,20)16-12-8-21-7-10-4-2-3-5-11(10)12/h2-6,12,16H,7-8H2,1H3,(H,17,18). The van der Waals surface area contributed by atoms with Gasteiger partial charge in [-0.2, -0.15) is 0 Å². The number of aryl methyl sites for hydroxylation is 1. The van der Waals surface area contributed by atoms with Gasteiger partial charge in [0.1, 0.15) is 10.7 Å². The van der Waals surface area contributed by atoms with Gasteiger partial charge < -0.3 is 14.3 Å². The Kier molecular flexibility index (Phi) is 3.97. The molecule has 7 nitrogen and oxygen atoms in total. The minimum Gasteiger partial charge on any atom is -0.475 e. The zero-order valence-electron chi connectivity index (χ0n) is 12.3. The third-order valence-corrected chi connectivity index (χ3v) is 5.22. The van der Waals surface area contributed by atoms with Crippen LogP contribution in [0.15, 0.2) is 39.6 Å². The summed E-state index contributed by atoms with van der Waals surface area (Å²) in [5.41, 5.74) is 1.77. The highest BCUT2D eigenvalue weighted by Gasteiger charge is 2.29. The molecular formula is C15H15NO6S. The topological polar surface area (TPSA) is 106 Å². The van der Waals surface area contributed by atoms with Gasteiger partial charge in [-0.15, -0.1) is 0 Å². The van der Waals surface area contributed by atoms with E-state index < -0.39 is 27.8 Å². The SMILES string of the molecule is Cc1oc(C(=O)O)cc1S(=O)(=O)NC1COCc2ccccc21. The predicted octanol–water partition coefficient (Wildman–Crippen LogP) is 1.84. The second-order valence-corrected chi connectivity index (χ2v) is 6.91. The monoisotopic (exact) mass is 337 g/mol. The summed E-state index contributed by atoms with van der Waals surface area (Å²) in [6, 6.07) is 7.88. The first-order valence-corrected chi connectivity index (χ1v) is 8.38. The summed E-state index contributed by atoms with van der Waals surface area (Å²) in [5.74, 6) is -1.70. The van der Waals surface area contributed by atoms with Crippen LogP contribution in [0.1, 0.15) is 33.5 Å². The normalized spacial score (nSPS) is 17.7. The number of fused-ring (bicyclic) bond motifs is 1. The number of aromatic carboxylic acids is 1. The number of hydrogen-bond acceptors (Lipinski definition) is 5. The molecule has 0 fully saturated rings. The molecule has 0 aliphatic carbocycles. The molecule has 2 N–H and O–H groups in total. The summed E-state index contributed by atoms with van der Waals surface area (Å²) in [7, 11) is -3.93. The van der Waals surface area contributed by atoms with Gasteiger partial charge in [0.2, 0.25) is 15.8 Å². The van der Waals surface area contributed by atoms with E-state index in [1.807, 2.05) is 24.3 Å². The second-order valence-electron chi connectivity index (χ2n) is 5.22. The molecule has 1 aromatic carbocycles. The quantitative estimate of drug-likeness (QED) is 0.882. The molecule has 8 heteroatoms. The van der Waals surface area contributed by atoms with E-state index in [0.29, 0.717) is 6.61 Å². The number of benzene rings is 1. The van der Waals surface area contributed by atoms with Gasteiger partial charge in [0.15, 0.2) is 0 Å². The molecule has 122 valence electrons. The molecule has 0 spiro atoms. The van der Waals surface area contributed by atoms with Crippen LogP contribution in [0.3, 0.4) is 0 Å². The molecule has 0 amide bonds. The Morgan fingerprint density at radius 3 is 2.78 bits per heavy atom. The Hall–Kier alpha value is -2.16. The summed E-state index contributed by atoms with van der Waals surface area (Å²) in [5, 5.41) is 8.91. The first-order chi connectivity index (χ1) is 10.9. The van der Waals surface area contributed by atoms with Crippen molar-refractivity contribution in [2.75, 3.05) is 6.61 Å². The lowest BCUT2D eigenvalue weighted by Gasteiger charge is -2.26. The Morgan fingerprint density at radius 2 is 2.09 bits per heavy atom. The zero-order valence-corrected chi connectivity index (χ0v) is 13.1. The fourth-order valence-corrected chi connectivity index (χ4v) is 3.95. The van der Waals surface area contributed by atoms with Gasteiger partial charge in [-0.1, -0.05) is 24.3 Å². The van der Waals surface area contributed by atoms with Crippen molar-refractivity contribution in [3.63, 3.8) is 0 Å². The van der Waals surface area contributed by atoms with Gasteiger partial charge in [-0.3, -0.25) is 0 Å². The van der Waals surface area contributed by atoms with Crippen molar-refractivity contribution in [2.24, 2.45) is 0 Å². The van der Waals surface area contributed by atoms with Crippen molar-refractivity contribution in [1.29, 1.82) is 0 Å². The van der Waals surface area contributed by atoms with Crippen LogP contribution in [0.2, 0.25) is 0 Å². The lowest BCUT2D eigenvalue weighted by molar-refractivity contribution is 0.0661. The first-order valence-electron chi connectivity index (χ1n) is 6.90. The average molecular weight is 337 g/mol. The highest BCUT2D eigenvalue weighted by atomic mass is 32.2. The molecule has 3 rings (SSSR count). The Balaban J connectivity index is 1.92. The van der Waals surface area contributed by atoms with Gasteiger partial charge >= 0.3 is 5.97 Å². The predicted molar refractivity (Wildman–Crippen MR) is 79.6 cm³/mol.